The van der Waals surface area contributed by atoms with E-state index in [1.54, 1.807) is 17.7 Å². The van der Waals surface area contributed by atoms with Gasteiger partial charge in [-0.05, 0) is 24.3 Å². The second-order valence-corrected chi connectivity index (χ2v) is 5.68. The largest absolute Gasteiger partial charge is 0.338 e. The first-order chi connectivity index (χ1) is 9.25. The minimum atomic E-state index is 0.133. The summed E-state index contributed by atoms with van der Waals surface area (Å²) >= 11 is 1.56. The zero-order valence-electron chi connectivity index (χ0n) is 10.8. The van der Waals surface area contributed by atoms with Crippen LogP contribution in [0, 0.1) is 0 Å². The summed E-state index contributed by atoms with van der Waals surface area (Å²) in [6.45, 7) is 1.57. The Hall–Kier alpha value is -1.69. The number of hydrogen-bond acceptors (Lipinski definition) is 4. The van der Waals surface area contributed by atoms with E-state index < -0.39 is 0 Å². The van der Waals surface area contributed by atoms with Crippen LogP contribution in [0.5, 0.6) is 0 Å². The van der Waals surface area contributed by atoms with Crippen LogP contribution in [0.2, 0.25) is 0 Å². The Kier molecular flexibility index (Phi) is 3.33. The Morgan fingerprint density at radius 1 is 1.53 bits per heavy atom. The van der Waals surface area contributed by atoms with Gasteiger partial charge in [0.05, 0.1) is 5.56 Å². The molecule has 5 nitrogen and oxygen atoms in total. The Morgan fingerprint density at radius 3 is 3.11 bits per heavy atom. The first-order valence-corrected chi connectivity index (χ1v) is 7.35. The third kappa shape index (κ3) is 2.40. The van der Waals surface area contributed by atoms with Crippen LogP contribution in [0.4, 0.5) is 0 Å². The molecule has 1 aliphatic heterocycles. The number of hydrogen-bond donors (Lipinski definition) is 0. The van der Waals surface area contributed by atoms with Crippen molar-refractivity contribution in [3.05, 3.63) is 34.5 Å². The normalized spacial score (nSPS) is 19.6. The molecule has 1 saturated heterocycles. The van der Waals surface area contributed by atoms with Crippen LogP contribution in [0.1, 0.15) is 34.9 Å². The summed E-state index contributed by atoms with van der Waals surface area (Å²) in [6, 6.07) is 1.89. The predicted octanol–water partition coefficient (Wildman–Crippen LogP) is 1.90. The Labute approximate surface area is 115 Å². The van der Waals surface area contributed by atoms with E-state index in [-0.39, 0.29) is 5.91 Å². The van der Waals surface area contributed by atoms with Crippen molar-refractivity contribution < 1.29 is 4.79 Å². The summed E-state index contributed by atoms with van der Waals surface area (Å²) in [5.74, 6) is 1.40. The van der Waals surface area contributed by atoms with Crippen LogP contribution >= 0.6 is 11.3 Å². The highest BCUT2D eigenvalue weighted by Gasteiger charge is 2.27. The summed E-state index contributed by atoms with van der Waals surface area (Å²) < 4.78 is 1.95. The van der Waals surface area contributed by atoms with E-state index in [9.17, 15) is 4.79 Å². The highest BCUT2D eigenvalue weighted by Crippen LogP contribution is 2.26. The molecule has 3 heterocycles. The van der Waals surface area contributed by atoms with E-state index in [2.05, 4.69) is 10.2 Å². The number of likely N-dealkylation sites (tertiary alicyclic amines) is 1. The van der Waals surface area contributed by atoms with E-state index in [0.29, 0.717) is 5.92 Å². The molecule has 1 amide bonds. The molecule has 1 atom stereocenters. The molecule has 1 fully saturated rings. The molecule has 19 heavy (non-hydrogen) atoms. The summed E-state index contributed by atoms with van der Waals surface area (Å²) in [7, 11) is 1.95. The fourth-order valence-electron chi connectivity index (χ4n) is 2.60. The number of aromatic nitrogens is 3. The Bertz CT molecular complexity index is 563. The van der Waals surface area contributed by atoms with Gasteiger partial charge in [-0.15, -0.1) is 10.2 Å². The number of carbonyl (C=O) groups excluding carboxylic acids is 1. The van der Waals surface area contributed by atoms with Crippen molar-refractivity contribution in [3.8, 4) is 0 Å². The number of thiophene rings is 1. The molecule has 2 aromatic heterocycles. The van der Waals surface area contributed by atoms with E-state index in [1.165, 1.54) is 0 Å². The Morgan fingerprint density at radius 2 is 2.42 bits per heavy atom. The topological polar surface area (TPSA) is 51.0 Å². The number of aryl methyl sites for hydroxylation is 1. The number of rotatable bonds is 2. The van der Waals surface area contributed by atoms with Crippen molar-refractivity contribution in [2.45, 2.75) is 18.8 Å². The fourth-order valence-corrected chi connectivity index (χ4v) is 3.23. The SMILES string of the molecule is Cn1cnnc1C1CCCN(C(=O)c2ccsc2)C1. The van der Waals surface area contributed by atoms with Gasteiger partial charge in [-0.3, -0.25) is 4.79 Å². The smallest absolute Gasteiger partial charge is 0.254 e. The van der Waals surface area contributed by atoms with E-state index in [1.807, 2.05) is 33.3 Å². The zero-order chi connectivity index (χ0) is 13.2. The molecule has 0 N–H and O–H groups in total. The van der Waals surface area contributed by atoms with Crippen molar-refractivity contribution in [3.63, 3.8) is 0 Å². The molecule has 1 unspecified atom stereocenters. The lowest BCUT2D eigenvalue weighted by Gasteiger charge is -2.32. The van der Waals surface area contributed by atoms with Crippen molar-refractivity contribution in [1.82, 2.24) is 19.7 Å². The van der Waals surface area contributed by atoms with Gasteiger partial charge in [-0.1, -0.05) is 0 Å². The first-order valence-electron chi connectivity index (χ1n) is 6.41. The molecule has 3 rings (SSSR count). The van der Waals surface area contributed by atoms with Crippen molar-refractivity contribution in [1.29, 1.82) is 0 Å². The van der Waals surface area contributed by atoms with Crippen LogP contribution in [0.3, 0.4) is 0 Å². The lowest BCUT2D eigenvalue weighted by Crippen LogP contribution is -2.39. The minimum absolute atomic E-state index is 0.133. The van der Waals surface area contributed by atoms with Gasteiger partial charge in [0.15, 0.2) is 0 Å². The maximum atomic E-state index is 12.4. The second-order valence-electron chi connectivity index (χ2n) is 4.90. The lowest BCUT2D eigenvalue weighted by atomic mass is 9.96. The van der Waals surface area contributed by atoms with E-state index in [0.717, 1.165) is 37.3 Å². The number of carbonyl (C=O) groups is 1. The van der Waals surface area contributed by atoms with Gasteiger partial charge in [0.2, 0.25) is 0 Å². The second kappa shape index (κ2) is 5.13. The summed E-state index contributed by atoms with van der Waals surface area (Å²) in [5, 5.41) is 12.0. The molecule has 6 heteroatoms. The number of piperidine rings is 1. The molecule has 0 saturated carbocycles. The summed E-state index contributed by atoms with van der Waals surface area (Å²) in [5.41, 5.74) is 0.795. The fraction of sp³-hybridized carbons (Fsp3) is 0.462. The highest BCUT2D eigenvalue weighted by atomic mass is 32.1. The number of amides is 1. The Balaban J connectivity index is 1.75. The van der Waals surface area contributed by atoms with Gasteiger partial charge in [0.25, 0.3) is 5.91 Å². The van der Waals surface area contributed by atoms with Crippen molar-refractivity contribution >= 4 is 17.2 Å². The van der Waals surface area contributed by atoms with Crippen LogP contribution in [0.15, 0.2) is 23.2 Å². The molecule has 1 aliphatic rings. The van der Waals surface area contributed by atoms with Gasteiger partial charge in [-0.25, -0.2) is 0 Å². The molecule has 0 spiro atoms. The van der Waals surface area contributed by atoms with Crippen LogP contribution < -0.4 is 0 Å². The third-order valence-corrected chi connectivity index (χ3v) is 4.27. The molecule has 0 aromatic carbocycles. The first kappa shape index (κ1) is 12.3. The average Bonchev–Trinajstić information content (AvgIpc) is 3.09. The summed E-state index contributed by atoms with van der Waals surface area (Å²) in [6.07, 6.45) is 3.81. The lowest BCUT2D eigenvalue weighted by molar-refractivity contribution is 0.0704. The van der Waals surface area contributed by atoms with Gasteiger partial charge < -0.3 is 9.47 Å². The van der Waals surface area contributed by atoms with Gasteiger partial charge in [0.1, 0.15) is 12.2 Å². The molecule has 0 radical (unpaired) electrons. The van der Waals surface area contributed by atoms with Gasteiger partial charge in [-0.2, -0.15) is 11.3 Å². The predicted molar refractivity (Wildman–Crippen MR) is 73.2 cm³/mol. The van der Waals surface area contributed by atoms with Crippen molar-refractivity contribution in [2.24, 2.45) is 7.05 Å². The molecular weight excluding hydrogens is 260 g/mol. The van der Waals surface area contributed by atoms with Crippen molar-refractivity contribution in [2.75, 3.05) is 13.1 Å². The van der Waals surface area contributed by atoms with Crippen LogP contribution in [0.25, 0.3) is 0 Å². The molecule has 0 bridgehead atoms. The molecule has 2 aromatic rings. The van der Waals surface area contributed by atoms with Gasteiger partial charge >= 0.3 is 0 Å². The minimum Gasteiger partial charge on any atom is -0.338 e. The number of nitrogens with zero attached hydrogens (tertiary/aromatic N) is 4. The monoisotopic (exact) mass is 276 g/mol. The summed E-state index contributed by atoms with van der Waals surface area (Å²) in [4.78, 5) is 14.3. The zero-order valence-corrected chi connectivity index (χ0v) is 11.6. The third-order valence-electron chi connectivity index (χ3n) is 3.59. The molecule has 0 aliphatic carbocycles. The maximum Gasteiger partial charge on any atom is 0.254 e. The highest BCUT2D eigenvalue weighted by molar-refractivity contribution is 7.08. The average molecular weight is 276 g/mol. The van der Waals surface area contributed by atoms with E-state index in [4.69, 9.17) is 0 Å². The van der Waals surface area contributed by atoms with Crippen LogP contribution in [-0.4, -0.2) is 38.7 Å². The van der Waals surface area contributed by atoms with Crippen LogP contribution in [-0.2, 0) is 7.05 Å². The standard InChI is InChI=1S/C13H16N4OS/c1-16-9-14-15-12(16)10-3-2-5-17(7-10)13(18)11-4-6-19-8-11/h4,6,8-10H,2-3,5,7H2,1H3. The molecule has 100 valence electrons. The quantitative estimate of drug-likeness (QED) is 0.841. The molecular formula is C13H16N4OS. The van der Waals surface area contributed by atoms with E-state index >= 15 is 0 Å². The maximum absolute atomic E-state index is 12.4. The van der Waals surface area contributed by atoms with Gasteiger partial charge in [0, 0.05) is 31.4 Å².